The van der Waals surface area contributed by atoms with Crippen LogP contribution in [0.2, 0.25) is 0 Å². The van der Waals surface area contributed by atoms with Crippen LogP contribution in [0.4, 0.5) is 14.5 Å². The van der Waals surface area contributed by atoms with Gasteiger partial charge in [-0.1, -0.05) is 6.07 Å². The van der Waals surface area contributed by atoms with E-state index < -0.39 is 11.5 Å². The molecule has 1 amide bonds. The number of rotatable bonds is 6. The van der Waals surface area contributed by atoms with Crippen molar-refractivity contribution >= 4 is 23.2 Å². The minimum absolute atomic E-state index is 0.135. The van der Waals surface area contributed by atoms with E-state index in [1.54, 1.807) is 42.5 Å². The summed E-state index contributed by atoms with van der Waals surface area (Å²) in [5.74, 6) is -0.555. The summed E-state index contributed by atoms with van der Waals surface area (Å²) < 4.78 is 31.4. The Labute approximate surface area is 186 Å². The van der Waals surface area contributed by atoms with Gasteiger partial charge in [0.1, 0.15) is 5.75 Å². The summed E-state index contributed by atoms with van der Waals surface area (Å²) in [7, 11) is 1.81. The number of pyridine rings is 2. The number of aryl methyl sites for hydroxylation is 1. The van der Waals surface area contributed by atoms with Gasteiger partial charge < -0.3 is 10.1 Å². The Morgan fingerprint density at radius 3 is 2.53 bits per heavy atom. The van der Waals surface area contributed by atoms with Gasteiger partial charge >= 0.3 is 5.57 Å². The summed E-state index contributed by atoms with van der Waals surface area (Å²) in [6, 6.07) is 10.8. The molecule has 10 heteroatoms. The largest absolute Gasteiger partial charge is 0.487 e. The van der Waals surface area contributed by atoms with Crippen LogP contribution in [-0.4, -0.2) is 31.2 Å². The van der Waals surface area contributed by atoms with Crippen LogP contribution in [0.25, 0.3) is 22.4 Å². The molecule has 4 rings (SSSR count). The second kappa shape index (κ2) is 8.72. The van der Waals surface area contributed by atoms with Crippen LogP contribution in [0.5, 0.6) is 5.75 Å². The van der Waals surface area contributed by atoms with Crippen molar-refractivity contribution < 1.29 is 18.3 Å². The highest BCUT2D eigenvalue weighted by Crippen LogP contribution is 2.31. The molecule has 0 aliphatic heterocycles. The summed E-state index contributed by atoms with van der Waals surface area (Å²) in [6.45, 7) is 0. The number of carbonyl (C=O) groups excluding carboxylic acids is 1. The van der Waals surface area contributed by atoms with Crippen LogP contribution in [0.15, 0.2) is 73.4 Å². The van der Waals surface area contributed by atoms with Crippen molar-refractivity contribution in [2.75, 3.05) is 5.32 Å². The molecule has 0 unspecified atom stereocenters. The number of ether oxygens (including phenoxy) is 1. The van der Waals surface area contributed by atoms with E-state index in [1.807, 2.05) is 12.3 Å². The average molecular weight is 456 g/mol. The van der Waals surface area contributed by atoms with Crippen LogP contribution in [0.1, 0.15) is 10.4 Å². The number of aromatic nitrogens is 4. The van der Waals surface area contributed by atoms with Crippen molar-refractivity contribution in [2.24, 2.45) is 7.05 Å². The van der Waals surface area contributed by atoms with Gasteiger partial charge in [0.2, 0.25) is 0 Å². The number of hydrogen-bond donors (Lipinski definition) is 1. The van der Waals surface area contributed by atoms with Crippen LogP contribution in [0, 0.1) is 0 Å². The van der Waals surface area contributed by atoms with Gasteiger partial charge in [0.15, 0.2) is 0 Å². The van der Waals surface area contributed by atoms with Gasteiger partial charge in [0.25, 0.3) is 5.91 Å². The molecule has 0 saturated carbocycles. The molecular weight excluding hydrogens is 440 g/mol. The first-order chi connectivity index (χ1) is 15.3. The minimum Gasteiger partial charge on any atom is -0.420 e. The third kappa shape index (κ3) is 5.06. The van der Waals surface area contributed by atoms with Crippen LogP contribution in [0.3, 0.4) is 0 Å². The topological polar surface area (TPSA) is 81.9 Å². The summed E-state index contributed by atoms with van der Waals surface area (Å²) in [4.78, 5) is 21.5. The maximum Gasteiger partial charge on any atom is 0.487 e. The highest BCUT2D eigenvalue weighted by atomic mass is 35.5. The molecule has 0 bridgehead atoms. The molecule has 0 spiro atoms. The molecule has 162 valence electrons. The maximum atomic E-state index is 12.8. The predicted molar refractivity (Wildman–Crippen MR) is 115 cm³/mol. The van der Waals surface area contributed by atoms with E-state index >= 15 is 0 Å². The molecule has 1 N–H and O–H groups in total. The summed E-state index contributed by atoms with van der Waals surface area (Å²) in [6.07, 6.45) is 8.32. The standard InChI is InChI=1S/C22H16ClF2N5O2/c1-30-13-16(12-28-30)20-19(14-3-2-8-26-10-14)9-15(11-27-20)21(31)29-17-4-6-18(7-5-17)32-22(23,24)25/h2-13H,1H3,(H,29,31). The zero-order valence-electron chi connectivity index (χ0n) is 16.7. The lowest BCUT2D eigenvalue weighted by Crippen LogP contribution is -2.16. The molecule has 1 aromatic carbocycles. The SMILES string of the molecule is Cn1cc(-c2ncc(C(=O)Nc3ccc(OC(F)(F)Cl)cc3)cc2-c2cccnc2)cn1. The number of nitrogens with zero attached hydrogens (tertiary/aromatic N) is 4. The van der Waals surface area contributed by atoms with Gasteiger partial charge in [-0.3, -0.25) is 19.4 Å². The van der Waals surface area contributed by atoms with E-state index in [9.17, 15) is 13.6 Å². The van der Waals surface area contributed by atoms with Crippen molar-refractivity contribution in [2.45, 2.75) is 5.57 Å². The van der Waals surface area contributed by atoms with Gasteiger partial charge in [0.05, 0.1) is 17.5 Å². The van der Waals surface area contributed by atoms with E-state index in [1.165, 1.54) is 30.5 Å². The molecule has 3 heterocycles. The number of halogens is 3. The molecule has 7 nitrogen and oxygen atoms in total. The number of benzene rings is 1. The Morgan fingerprint density at radius 2 is 1.91 bits per heavy atom. The molecule has 0 saturated heterocycles. The molecule has 3 aromatic heterocycles. The van der Waals surface area contributed by atoms with Crippen LogP contribution < -0.4 is 10.1 Å². The third-order valence-corrected chi connectivity index (χ3v) is 4.52. The highest BCUT2D eigenvalue weighted by molar-refractivity contribution is 6.20. The maximum absolute atomic E-state index is 12.8. The fourth-order valence-electron chi connectivity index (χ4n) is 3.05. The fraction of sp³-hybridized carbons (Fsp3) is 0.0909. The number of amides is 1. The molecule has 4 aromatic rings. The van der Waals surface area contributed by atoms with Crippen molar-refractivity contribution in [1.29, 1.82) is 0 Å². The first kappa shape index (κ1) is 21.4. The van der Waals surface area contributed by atoms with Crippen molar-refractivity contribution in [1.82, 2.24) is 19.7 Å². The number of carbonyl (C=O) groups is 1. The normalized spacial score (nSPS) is 11.2. The predicted octanol–water partition coefficient (Wildman–Crippen LogP) is 4.96. The number of alkyl halides is 3. The molecular formula is C22H16ClF2N5O2. The van der Waals surface area contributed by atoms with Crippen molar-refractivity contribution in [3.63, 3.8) is 0 Å². The van der Waals surface area contributed by atoms with Gasteiger partial charge in [-0.25, -0.2) is 0 Å². The smallest absolute Gasteiger partial charge is 0.420 e. The Kier molecular flexibility index (Phi) is 5.83. The Bertz CT molecular complexity index is 1240. The minimum atomic E-state index is -3.81. The number of nitrogens with one attached hydrogen (secondary N) is 1. The summed E-state index contributed by atoms with van der Waals surface area (Å²) in [5, 5.41) is 6.89. The lowest BCUT2D eigenvalue weighted by Gasteiger charge is -2.12. The average Bonchev–Trinajstić information content (AvgIpc) is 3.20. The second-order valence-corrected chi connectivity index (χ2v) is 7.23. The van der Waals surface area contributed by atoms with Gasteiger partial charge in [0, 0.05) is 65.8 Å². The van der Waals surface area contributed by atoms with Crippen molar-refractivity contribution in [3.05, 3.63) is 79.0 Å². The second-order valence-electron chi connectivity index (χ2n) is 6.79. The zero-order chi connectivity index (χ0) is 22.7. The fourth-order valence-corrected chi connectivity index (χ4v) is 3.14. The number of anilines is 1. The van der Waals surface area contributed by atoms with Crippen LogP contribution >= 0.6 is 11.6 Å². The van der Waals surface area contributed by atoms with Crippen molar-refractivity contribution in [3.8, 4) is 28.1 Å². The summed E-state index contributed by atoms with van der Waals surface area (Å²) in [5.41, 5.74) is -0.154. The third-order valence-electron chi connectivity index (χ3n) is 4.45. The van der Waals surface area contributed by atoms with E-state index in [4.69, 9.17) is 11.6 Å². The monoisotopic (exact) mass is 455 g/mol. The lowest BCUT2D eigenvalue weighted by atomic mass is 10.0. The Balaban J connectivity index is 1.62. The quantitative estimate of drug-likeness (QED) is 0.415. The first-order valence-electron chi connectivity index (χ1n) is 9.35. The highest BCUT2D eigenvalue weighted by Gasteiger charge is 2.27. The number of hydrogen-bond acceptors (Lipinski definition) is 5. The molecule has 0 radical (unpaired) electrons. The Morgan fingerprint density at radius 1 is 1.12 bits per heavy atom. The van der Waals surface area contributed by atoms with Gasteiger partial charge in [-0.05, 0) is 36.4 Å². The van der Waals surface area contributed by atoms with E-state index in [-0.39, 0.29) is 5.75 Å². The zero-order valence-corrected chi connectivity index (χ0v) is 17.4. The molecule has 0 fully saturated rings. The van der Waals surface area contributed by atoms with Gasteiger partial charge in [-0.2, -0.15) is 5.10 Å². The van der Waals surface area contributed by atoms with Gasteiger partial charge in [-0.15, -0.1) is 8.78 Å². The van der Waals surface area contributed by atoms with E-state index in [0.29, 0.717) is 22.5 Å². The molecule has 0 atom stereocenters. The molecule has 0 aliphatic carbocycles. The first-order valence-corrected chi connectivity index (χ1v) is 9.73. The van der Waals surface area contributed by atoms with Crippen LogP contribution in [-0.2, 0) is 7.05 Å². The van der Waals surface area contributed by atoms with E-state index in [2.05, 4.69) is 25.1 Å². The van der Waals surface area contributed by atoms with E-state index in [0.717, 1.165) is 11.1 Å². The lowest BCUT2D eigenvalue weighted by molar-refractivity contribution is -0.0964. The Hall–Kier alpha value is -3.85. The molecule has 32 heavy (non-hydrogen) atoms. The molecule has 0 aliphatic rings. The summed E-state index contributed by atoms with van der Waals surface area (Å²) >= 11 is 4.75.